The highest BCUT2D eigenvalue weighted by Gasteiger charge is 2.07. The Hall–Kier alpha value is -3.07. The molecule has 0 N–H and O–H groups in total. The predicted octanol–water partition coefficient (Wildman–Crippen LogP) is 4.58. The molecule has 0 aliphatic heterocycles. The van der Waals surface area contributed by atoms with Gasteiger partial charge in [0.1, 0.15) is 12.3 Å². The first kappa shape index (κ1) is 13.6. The molecule has 3 heteroatoms. The van der Waals surface area contributed by atoms with E-state index in [0.29, 0.717) is 6.61 Å². The van der Waals surface area contributed by atoms with E-state index in [-0.39, 0.29) is 0 Å². The average molecular weight is 300 g/mol. The zero-order valence-corrected chi connectivity index (χ0v) is 12.6. The van der Waals surface area contributed by atoms with Gasteiger partial charge in [-0.3, -0.25) is 4.40 Å². The largest absolute Gasteiger partial charge is 0.474 e. The second kappa shape index (κ2) is 5.97. The normalized spacial score (nSPS) is 10.8. The number of fused-ring (bicyclic) bond motifs is 1. The monoisotopic (exact) mass is 300 g/mol. The fourth-order valence-corrected chi connectivity index (χ4v) is 2.63. The van der Waals surface area contributed by atoms with Gasteiger partial charge in [0, 0.05) is 18.5 Å². The molecule has 0 spiro atoms. The first-order chi connectivity index (χ1) is 11.4. The van der Waals surface area contributed by atoms with Crippen molar-refractivity contribution >= 4 is 5.65 Å². The highest BCUT2D eigenvalue weighted by atomic mass is 16.5. The summed E-state index contributed by atoms with van der Waals surface area (Å²) in [7, 11) is 0. The van der Waals surface area contributed by atoms with Crippen molar-refractivity contribution in [3.05, 3.63) is 90.8 Å². The molecule has 0 radical (unpaired) electrons. The molecular weight excluding hydrogens is 284 g/mol. The Morgan fingerprint density at radius 3 is 2.35 bits per heavy atom. The summed E-state index contributed by atoms with van der Waals surface area (Å²) in [6.45, 7) is 0.534. The lowest BCUT2D eigenvalue weighted by Crippen LogP contribution is -2.00. The van der Waals surface area contributed by atoms with E-state index in [2.05, 4.69) is 41.4 Å². The molecule has 3 nitrogen and oxygen atoms in total. The van der Waals surface area contributed by atoms with Gasteiger partial charge in [-0.1, -0.05) is 60.7 Å². The Balaban J connectivity index is 1.71. The number of aromatic nitrogens is 2. The smallest absolute Gasteiger partial charge is 0.200 e. The van der Waals surface area contributed by atoms with Crippen LogP contribution in [0.15, 0.2) is 85.2 Å². The van der Waals surface area contributed by atoms with Gasteiger partial charge in [0.15, 0.2) is 5.88 Å². The zero-order valence-electron chi connectivity index (χ0n) is 12.6. The van der Waals surface area contributed by atoms with Gasteiger partial charge in [0.2, 0.25) is 0 Å². The molecule has 0 aliphatic rings. The summed E-state index contributed by atoms with van der Waals surface area (Å²) in [5.41, 5.74) is 4.29. The summed E-state index contributed by atoms with van der Waals surface area (Å²) in [5, 5.41) is 0. The van der Waals surface area contributed by atoms with Gasteiger partial charge in [0.05, 0.1) is 0 Å². The van der Waals surface area contributed by atoms with Gasteiger partial charge in [-0.15, -0.1) is 0 Å². The summed E-state index contributed by atoms with van der Waals surface area (Å²) in [5.74, 6) is 0.794. The lowest BCUT2D eigenvalue weighted by atomic mass is 10.1. The summed E-state index contributed by atoms with van der Waals surface area (Å²) in [6, 6.07) is 24.6. The number of imidazole rings is 1. The van der Waals surface area contributed by atoms with Gasteiger partial charge >= 0.3 is 0 Å². The number of hydrogen-bond donors (Lipinski definition) is 0. The van der Waals surface area contributed by atoms with Crippen molar-refractivity contribution in [2.24, 2.45) is 0 Å². The van der Waals surface area contributed by atoms with Crippen LogP contribution in [-0.2, 0) is 6.61 Å². The third kappa shape index (κ3) is 2.81. The van der Waals surface area contributed by atoms with Crippen molar-refractivity contribution in [1.82, 2.24) is 9.38 Å². The Labute approximate surface area is 134 Å². The van der Waals surface area contributed by atoms with E-state index in [0.717, 1.165) is 28.2 Å². The fraction of sp³-hybridized carbons (Fsp3) is 0.0500. The molecule has 0 unspecified atom stereocenters. The van der Waals surface area contributed by atoms with E-state index in [1.165, 1.54) is 0 Å². The molecule has 0 saturated carbocycles. The third-order valence-corrected chi connectivity index (χ3v) is 3.81. The molecule has 4 aromatic rings. The molecule has 0 saturated heterocycles. The molecule has 0 amide bonds. The molecule has 2 aromatic heterocycles. The number of hydrogen-bond acceptors (Lipinski definition) is 2. The molecule has 23 heavy (non-hydrogen) atoms. The Morgan fingerprint density at radius 2 is 1.57 bits per heavy atom. The molecule has 4 rings (SSSR count). The molecular formula is C20H16N2O. The second-order valence-corrected chi connectivity index (χ2v) is 5.38. The topological polar surface area (TPSA) is 26.5 Å². The van der Waals surface area contributed by atoms with Crippen LogP contribution in [0.25, 0.3) is 16.8 Å². The van der Waals surface area contributed by atoms with Crippen LogP contribution < -0.4 is 4.74 Å². The minimum Gasteiger partial charge on any atom is -0.474 e. The summed E-state index contributed by atoms with van der Waals surface area (Å²) in [6.07, 6.45) is 3.71. The average Bonchev–Trinajstić information content (AvgIpc) is 3.10. The minimum atomic E-state index is 0.534. The first-order valence-electron chi connectivity index (χ1n) is 7.59. The van der Waals surface area contributed by atoms with Crippen LogP contribution in [0.1, 0.15) is 5.56 Å². The molecule has 2 aromatic carbocycles. The van der Waals surface area contributed by atoms with Crippen molar-refractivity contribution in [3.8, 4) is 17.0 Å². The fourth-order valence-electron chi connectivity index (χ4n) is 2.63. The molecule has 2 heterocycles. The molecule has 0 bridgehead atoms. The van der Waals surface area contributed by atoms with Crippen LogP contribution in [0.3, 0.4) is 0 Å². The molecule has 0 fully saturated rings. The zero-order chi connectivity index (χ0) is 15.5. The van der Waals surface area contributed by atoms with Crippen LogP contribution in [0, 0.1) is 0 Å². The van der Waals surface area contributed by atoms with E-state index < -0.39 is 0 Å². The van der Waals surface area contributed by atoms with Gasteiger partial charge in [-0.25, -0.2) is 4.98 Å². The Bertz CT molecular complexity index is 914. The van der Waals surface area contributed by atoms with E-state index in [1.54, 1.807) is 6.20 Å². The van der Waals surface area contributed by atoms with Crippen molar-refractivity contribution in [1.29, 1.82) is 0 Å². The van der Waals surface area contributed by atoms with Crippen molar-refractivity contribution in [2.45, 2.75) is 6.61 Å². The number of rotatable bonds is 4. The summed E-state index contributed by atoms with van der Waals surface area (Å²) in [4.78, 5) is 4.40. The maximum Gasteiger partial charge on any atom is 0.200 e. The van der Waals surface area contributed by atoms with Crippen LogP contribution in [0.5, 0.6) is 5.88 Å². The summed E-state index contributed by atoms with van der Waals surface area (Å²) >= 11 is 0. The van der Waals surface area contributed by atoms with Crippen LogP contribution in [-0.4, -0.2) is 9.38 Å². The first-order valence-corrected chi connectivity index (χ1v) is 7.59. The molecule has 0 aliphatic carbocycles. The Morgan fingerprint density at radius 1 is 0.826 bits per heavy atom. The van der Waals surface area contributed by atoms with Crippen LogP contribution in [0.4, 0.5) is 0 Å². The lowest BCUT2D eigenvalue weighted by molar-refractivity contribution is 0.290. The van der Waals surface area contributed by atoms with Gasteiger partial charge in [0.25, 0.3) is 0 Å². The van der Waals surface area contributed by atoms with Gasteiger partial charge in [-0.05, 0) is 22.8 Å². The van der Waals surface area contributed by atoms with Crippen LogP contribution in [0.2, 0.25) is 0 Å². The lowest BCUT2D eigenvalue weighted by Gasteiger charge is -2.11. The third-order valence-electron chi connectivity index (χ3n) is 3.81. The molecule has 112 valence electrons. The number of nitrogens with zero attached hydrogens (tertiary/aromatic N) is 2. The minimum absolute atomic E-state index is 0.534. The van der Waals surface area contributed by atoms with E-state index in [1.807, 2.05) is 47.0 Å². The van der Waals surface area contributed by atoms with Crippen molar-refractivity contribution in [2.75, 3.05) is 0 Å². The quantitative estimate of drug-likeness (QED) is 0.551. The van der Waals surface area contributed by atoms with Gasteiger partial charge in [-0.2, -0.15) is 0 Å². The van der Waals surface area contributed by atoms with E-state index >= 15 is 0 Å². The maximum atomic E-state index is 6.05. The highest BCUT2D eigenvalue weighted by molar-refractivity contribution is 5.69. The van der Waals surface area contributed by atoms with Gasteiger partial charge < -0.3 is 4.74 Å². The standard InChI is InChI=1S/C20H16N2O/c1-3-7-16(8-4-1)15-23-20-14-18(17-9-5-2-6-10-17)13-19-21-11-12-22(19)20/h1-14H,15H2. The second-order valence-electron chi connectivity index (χ2n) is 5.38. The van der Waals surface area contributed by atoms with Crippen molar-refractivity contribution < 1.29 is 4.74 Å². The summed E-state index contributed by atoms with van der Waals surface area (Å²) < 4.78 is 8.02. The van der Waals surface area contributed by atoms with E-state index in [4.69, 9.17) is 4.74 Å². The van der Waals surface area contributed by atoms with E-state index in [9.17, 15) is 0 Å². The Kier molecular flexibility index (Phi) is 3.53. The number of pyridine rings is 1. The number of ether oxygens (including phenoxy) is 1. The highest BCUT2D eigenvalue weighted by Crippen LogP contribution is 2.26. The SMILES string of the molecule is c1ccc(COc2cc(-c3ccccc3)cc3nccn23)cc1. The van der Waals surface area contributed by atoms with Crippen LogP contribution >= 0.6 is 0 Å². The van der Waals surface area contributed by atoms with Crippen molar-refractivity contribution in [3.63, 3.8) is 0 Å². The number of benzene rings is 2. The molecule has 0 atom stereocenters. The maximum absolute atomic E-state index is 6.05. The predicted molar refractivity (Wildman–Crippen MR) is 91.4 cm³/mol.